The quantitative estimate of drug-likeness (QED) is 0.861. The summed E-state index contributed by atoms with van der Waals surface area (Å²) in [5.41, 5.74) is 2.09. The zero-order chi connectivity index (χ0) is 16.6. The van der Waals surface area contributed by atoms with Crippen LogP contribution in [0, 0.1) is 6.92 Å². The molecule has 0 aromatic heterocycles. The van der Waals surface area contributed by atoms with Crippen molar-refractivity contribution in [3.05, 3.63) is 52.5 Å². The van der Waals surface area contributed by atoms with Crippen LogP contribution in [0.15, 0.2) is 41.3 Å². The molecule has 0 fully saturated rings. The zero-order valence-electron chi connectivity index (χ0n) is 12.3. The predicted octanol–water partition coefficient (Wildman–Crippen LogP) is 3.30. The van der Waals surface area contributed by atoms with Gasteiger partial charge in [0, 0.05) is 17.1 Å². The number of hydrogen-bond acceptors (Lipinski definition) is 4. The van der Waals surface area contributed by atoms with Crippen LogP contribution in [0.5, 0.6) is 5.75 Å². The molecule has 0 saturated heterocycles. The third-order valence-electron chi connectivity index (χ3n) is 3.60. The van der Waals surface area contributed by atoms with Gasteiger partial charge in [-0.15, -0.1) is 0 Å². The van der Waals surface area contributed by atoms with Gasteiger partial charge in [-0.2, -0.15) is 8.42 Å². The molecule has 5 nitrogen and oxygen atoms in total. The number of anilines is 1. The van der Waals surface area contributed by atoms with E-state index >= 15 is 0 Å². The monoisotopic (exact) mass is 351 g/mol. The van der Waals surface area contributed by atoms with Gasteiger partial charge in [0.2, 0.25) is 5.91 Å². The van der Waals surface area contributed by atoms with E-state index < -0.39 is 10.1 Å². The number of carbonyl (C=O) groups excluding carboxylic acids is 1. The number of fused-ring (bicyclic) bond motifs is 1. The smallest absolute Gasteiger partial charge is 0.339 e. The highest BCUT2D eigenvalue weighted by Crippen LogP contribution is 2.29. The maximum absolute atomic E-state index is 12.4. The Labute approximate surface area is 139 Å². The first kappa shape index (κ1) is 15.8. The molecule has 0 saturated carbocycles. The molecule has 0 aliphatic carbocycles. The Kier molecular flexibility index (Phi) is 4.04. The van der Waals surface area contributed by atoms with E-state index in [2.05, 4.69) is 5.32 Å². The van der Waals surface area contributed by atoms with Crippen LogP contribution in [-0.4, -0.2) is 14.3 Å². The maximum Gasteiger partial charge on any atom is 0.339 e. The summed E-state index contributed by atoms with van der Waals surface area (Å²) in [6.45, 7) is 1.68. The summed E-state index contributed by atoms with van der Waals surface area (Å²) < 4.78 is 30.1. The second kappa shape index (κ2) is 5.86. The van der Waals surface area contributed by atoms with E-state index in [0.29, 0.717) is 29.1 Å². The molecule has 2 aromatic rings. The zero-order valence-corrected chi connectivity index (χ0v) is 13.9. The minimum Gasteiger partial charge on any atom is -0.379 e. The van der Waals surface area contributed by atoms with Gasteiger partial charge in [0.05, 0.1) is 0 Å². The number of halogens is 1. The van der Waals surface area contributed by atoms with Gasteiger partial charge < -0.3 is 9.50 Å². The fourth-order valence-electron chi connectivity index (χ4n) is 2.43. The minimum atomic E-state index is -3.98. The molecule has 1 aliphatic heterocycles. The summed E-state index contributed by atoms with van der Waals surface area (Å²) in [5.74, 6) is 0.160. The standard InChI is InChI=1S/C16H14ClNO4S/c1-10-2-4-12(17)9-15(10)23(20,21)22-13-5-6-14-11(8-13)3-7-16(19)18-14/h2,4-6,8-9H,3,7H2,1H3,(H,18,19). The van der Waals surface area contributed by atoms with Crippen molar-refractivity contribution in [1.82, 2.24) is 0 Å². The van der Waals surface area contributed by atoms with E-state index in [1.165, 1.54) is 12.1 Å². The Morgan fingerprint density at radius 2 is 1.91 bits per heavy atom. The molecular formula is C16H14ClNO4S. The summed E-state index contributed by atoms with van der Waals surface area (Å²) in [7, 11) is -3.98. The lowest BCUT2D eigenvalue weighted by atomic mass is 10.0. The minimum absolute atomic E-state index is 0.0380. The van der Waals surface area contributed by atoms with Crippen LogP contribution >= 0.6 is 11.6 Å². The van der Waals surface area contributed by atoms with Crippen LogP contribution < -0.4 is 9.50 Å². The number of nitrogens with one attached hydrogen (secondary N) is 1. The first-order valence-electron chi connectivity index (χ1n) is 6.98. The van der Waals surface area contributed by atoms with Gasteiger partial charge in [0.15, 0.2) is 0 Å². The van der Waals surface area contributed by atoms with Crippen molar-refractivity contribution in [2.75, 3.05) is 5.32 Å². The van der Waals surface area contributed by atoms with E-state index in [1.54, 1.807) is 31.2 Å². The molecule has 3 rings (SSSR count). The Morgan fingerprint density at radius 3 is 2.70 bits per heavy atom. The van der Waals surface area contributed by atoms with Gasteiger partial charge in [0.25, 0.3) is 0 Å². The third-order valence-corrected chi connectivity index (χ3v) is 5.22. The van der Waals surface area contributed by atoms with E-state index in [-0.39, 0.29) is 16.6 Å². The molecule has 0 radical (unpaired) electrons. The molecule has 120 valence electrons. The highest BCUT2D eigenvalue weighted by molar-refractivity contribution is 7.87. The maximum atomic E-state index is 12.4. The number of aryl methyl sites for hydroxylation is 2. The number of amides is 1. The van der Waals surface area contributed by atoms with Gasteiger partial charge in [-0.25, -0.2) is 0 Å². The lowest BCUT2D eigenvalue weighted by molar-refractivity contribution is -0.116. The van der Waals surface area contributed by atoms with E-state index in [4.69, 9.17) is 15.8 Å². The fourth-order valence-corrected chi connectivity index (χ4v) is 3.84. The highest BCUT2D eigenvalue weighted by Gasteiger charge is 2.21. The van der Waals surface area contributed by atoms with Crippen molar-refractivity contribution in [3.63, 3.8) is 0 Å². The van der Waals surface area contributed by atoms with E-state index in [0.717, 1.165) is 5.56 Å². The second-order valence-corrected chi connectivity index (χ2v) is 7.27. The average molecular weight is 352 g/mol. The first-order valence-corrected chi connectivity index (χ1v) is 8.77. The molecular weight excluding hydrogens is 338 g/mol. The first-order chi connectivity index (χ1) is 10.8. The van der Waals surface area contributed by atoms with Gasteiger partial charge >= 0.3 is 10.1 Å². The van der Waals surface area contributed by atoms with Gasteiger partial charge in [-0.3, -0.25) is 4.79 Å². The normalized spacial score (nSPS) is 14.1. The summed E-state index contributed by atoms with van der Waals surface area (Å²) in [6.07, 6.45) is 0.922. The number of rotatable bonds is 3. The van der Waals surface area contributed by atoms with Crippen LogP contribution in [0.25, 0.3) is 0 Å². The summed E-state index contributed by atoms with van der Waals surface area (Å²) in [5, 5.41) is 3.06. The molecule has 1 heterocycles. The Morgan fingerprint density at radius 1 is 1.13 bits per heavy atom. The fraction of sp³-hybridized carbons (Fsp3) is 0.188. The second-order valence-electron chi connectivity index (χ2n) is 5.31. The van der Waals surface area contributed by atoms with E-state index in [9.17, 15) is 13.2 Å². The molecule has 1 aliphatic rings. The van der Waals surface area contributed by atoms with Crippen molar-refractivity contribution >= 4 is 33.3 Å². The van der Waals surface area contributed by atoms with Crippen molar-refractivity contribution < 1.29 is 17.4 Å². The Bertz CT molecular complexity index is 893. The SMILES string of the molecule is Cc1ccc(Cl)cc1S(=O)(=O)Oc1ccc2c(c1)CCC(=O)N2. The van der Waals surface area contributed by atoms with Gasteiger partial charge in [0.1, 0.15) is 10.6 Å². The Hall–Kier alpha value is -2.05. The molecule has 0 unspecified atom stereocenters. The topological polar surface area (TPSA) is 72.5 Å². The predicted molar refractivity (Wildman–Crippen MR) is 87.4 cm³/mol. The van der Waals surface area contributed by atoms with Crippen molar-refractivity contribution in [2.45, 2.75) is 24.7 Å². The summed E-state index contributed by atoms with van der Waals surface area (Å²) in [6, 6.07) is 9.40. The average Bonchev–Trinajstić information content (AvgIpc) is 2.49. The lowest BCUT2D eigenvalue weighted by Gasteiger charge is -2.17. The van der Waals surface area contributed by atoms with Crippen LogP contribution in [0.2, 0.25) is 5.02 Å². The molecule has 0 spiro atoms. The van der Waals surface area contributed by atoms with Crippen LogP contribution in [-0.2, 0) is 21.3 Å². The number of benzene rings is 2. The van der Waals surface area contributed by atoms with Crippen molar-refractivity contribution in [1.29, 1.82) is 0 Å². The molecule has 23 heavy (non-hydrogen) atoms. The van der Waals surface area contributed by atoms with Crippen LogP contribution in [0.4, 0.5) is 5.69 Å². The Balaban J connectivity index is 1.92. The number of carbonyl (C=O) groups is 1. The highest BCUT2D eigenvalue weighted by atomic mass is 35.5. The number of hydrogen-bond donors (Lipinski definition) is 1. The molecule has 0 bridgehead atoms. The molecule has 0 atom stereocenters. The third kappa shape index (κ3) is 3.33. The van der Waals surface area contributed by atoms with Gasteiger partial charge in [-0.05, 0) is 54.8 Å². The van der Waals surface area contributed by atoms with Crippen molar-refractivity contribution in [3.8, 4) is 5.75 Å². The molecule has 2 aromatic carbocycles. The summed E-state index contributed by atoms with van der Waals surface area (Å²) in [4.78, 5) is 11.4. The van der Waals surface area contributed by atoms with Crippen LogP contribution in [0.1, 0.15) is 17.5 Å². The van der Waals surface area contributed by atoms with Crippen molar-refractivity contribution in [2.24, 2.45) is 0 Å². The largest absolute Gasteiger partial charge is 0.379 e. The van der Waals surface area contributed by atoms with Crippen LogP contribution in [0.3, 0.4) is 0 Å². The van der Waals surface area contributed by atoms with Gasteiger partial charge in [-0.1, -0.05) is 17.7 Å². The molecule has 1 amide bonds. The van der Waals surface area contributed by atoms with E-state index in [1.807, 2.05) is 0 Å². The molecule has 1 N–H and O–H groups in total. The summed E-state index contributed by atoms with van der Waals surface area (Å²) >= 11 is 5.87. The molecule has 7 heteroatoms. The lowest BCUT2D eigenvalue weighted by Crippen LogP contribution is -2.19.